The van der Waals surface area contributed by atoms with Crippen LogP contribution in [-0.2, 0) is 4.79 Å². The fourth-order valence-electron chi connectivity index (χ4n) is 2.02. The van der Waals surface area contributed by atoms with Gasteiger partial charge in [0.05, 0.1) is 24.9 Å². The van der Waals surface area contributed by atoms with Crippen LogP contribution in [0.15, 0.2) is 59.7 Å². The van der Waals surface area contributed by atoms with E-state index in [1.165, 1.54) is 7.11 Å². The maximum Gasteiger partial charge on any atom is 0.259 e. The van der Waals surface area contributed by atoms with E-state index in [1.807, 2.05) is 30.3 Å². The van der Waals surface area contributed by atoms with Gasteiger partial charge in [0.2, 0.25) is 0 Å². The molecule has 2 amide bonds. The van der Waals surface area contributed by atoms with Gasteiger partial charge in [-0.15, -0.1) is 0 Å². The van der Waals surface area contributed by atoms with Crippen LogP contribution in [0.2, 0.25) is 0 Å². The molecule has 0 saturated carbocycles. The second kappa shape index (κ2) is 8.47. The number of hydrogen-bond acceptors (Lipinski definition) is 4. The third-order valence-corrected chi connectivity index (χ3v) is 3.30. The molecule has 124 valence electrons. The van der Waals surface area contributed by atoms with Gasteiger partial charge in [-0.2, -0.15) is 5.10 Å². The number of hydrogen-bond donors (Lipinski definition) is 2. The summed E-state index contributed by atoms with van der Waals surface area (Å²) in [6, 6.07) is 16.3. The molecule has 6 nitrogen and oxygen atoms in total. The predicted octanol–water partition coefficient (Wildman–Crippen LogP) is 1.97. The monoisotopic (exact) mass is 325 g/mol. The number of hydrazone groups is 1. The quantitative estimate of drug-likeness (QED) is 0.629. The van der Waals surface area contributed by atoms with Crippen molar-refractivity contribution in [1.82, 2.24) is 10.7 Å². The highest BCUT2D eigenvalue weighted by Gasteiger charge is 2.12. The molecular formula is C18H19N3O3. The molecule has 24 heavy (non-hydrogen) atoms. The van der Waals surface area contributed by atoms with Crippen LogP contribution in [0.3, 0.4) is 0 Å². The average Bonchev–Trinajstić information content (AvgIpc) is 2.64. The lowest BCUT2D eigenvalue weighted by molar-refractivity contribution is -0.120. The highest BCUT2D eigenvalue weighted by Crippen LogP contribution is 2.16. The first-order valence-electron chi connectivity index (χ1n) is 7.41. The summed E-state index contributed by atoms with van der Waals surface area (Å²) in [4.78, 5) is 23.9. The minimum atomic E-state index is -0.409. The van der Waals surface area contributed by atoms with Crippen molar-refractivity contribution < 1.29 is 14.3 Å². The smallest absolute Gasteiger partial charge is 0.259 e. The largest absolute Gasteiger partial charge is 0.496 e. The molecule has 0 atom stereocenters. The van der Waals surface area contributed by atoms with Crippen molar-refractivity contribution in [3.8, 4) is 5.75 Å². The summed E-state index contributed by atoms with van der Waals surface area (Å²) in [7, 11) is 1.49. The summed E-state index contributed by atoms with van der Waals surface area (Å²) in [6.45, 7) is 1.62. The van der Waals surface area contributed by atoms with Crippen molar-refractivity contribution in [3.63, 3.8) is 0 Å². The van der Waals surface area contributed by atoms with Crippen LogP contribution in [0.4, 0.5) is 0 Å². The molecule has 0 radical (unpaired) electrons. The lowest BCUT2D eigenvalue weighted by atomic mass is 10.1. The van der Waals surface area contributed by atoms with Gasteiger partial charge in [0.15, 0.2) is 0 Å². The second-order valence-electron chi connectivity index (χ2n) is 4.98. The zero-order valence-corrected chi connectivity index (χ0v) is 13.6. The number of nitrogens with one attached hydrogen (secondary N) is 2. The van der Waals surface area contributed by atoms with Gasteiger partial charge in [0.1, 0.15) is 5.75 Å². The Bertz CT molecular complexity index is 742. The number of nitrogens with zero attached hydrogens (tertiary/aromatic N) is 1. The topological polar surface area (TPSA) is 79.8 Å². The number of amides is 2. The molecule has 0 saturated heterocycles. The molecular weight excluding hydrogens is 306 g/mol. The first kappa shape index (κ1) is 17.2. The Kier molecular flexibility index (Phi) is 6.08. The molecule has 6 heteroatoms. The zero-order valence-electron chi connectivity index (χ0n) is 13.6. The van der Waals surface area contributed by atoms with Crippen LogP contribution in [-0.4, -0.2) is 31.2 Å². The van der Waals surface area contributed by atoms with E-state index < -0.39 is 5.91 Å². The molecule has 2 rings (SSSR count). The molecule has 0 aliphatic carbocycles. The number of methoxy groups -OCH3 is 1. The Hall–Kier alpha value is -3.15. The van der Waals surface area contributed by atoms with Crippen LogP contribution in [0.5, 0.6) is 5.75 Å². The summed E-state index contributed by atoms with van der Waals surface area (Å²) < 4.78 is 5.12. The van der Waals surface area contributed by atoms with Crippen LogP contribution in [0.25, 0.3) is 0 Å². The van der Waals surface area contributed by atoms with Crippen molar-refractivity contribution in [2.45, 2.75) is 6.92 Å². The van der Waals surface area contributed by atoms with Gasteiger partial charge >= 0.3 is 0 Å². The third kappa shape index (κ3) is 4.67. The van der Waals surface area contributed by atoms with Gasteiger partial charge < -0.3 is 10.1 Å². The van der Waals surface area contributed by atoms with Gasteiger partial charge in [0.25, 0.3) is 11.8 Å². The van der Waals surface area contributed by atoms with Gasteiger partial charge in [-0.05, 0) is 24.6 Å². The van der Waals surface area contributed by atoms with Crippen LogP contribution >= 0.6 is 0 Å². The molecule has 0 aromatic heterocycles. The van der Waals surface area contributed by atoms with Crippen molar-refractivity contribution >= 4 is 17.5 Å². The molecule has 0 aliphatic rings. The predicted molar refractivity (Wildman–Crippen MR) is 92.1 cm³/mol. The molecule has 2 aromatic carbocycles. The van der Waals surface area contributed by atoms with E-state index in [4.69, 9.17) is 4.74 Å². The number of carbonyl (C=O) groups is 2. The van der Waals surface area contributed by atoms with Crippen LogP contribution in [0.1, 0.15) is 22.8 Å². The van der Waals surface area contributed by atoms with Gasteiger partial charge in [0, 0.05) is 0 Å². The normalized spacial score (nSPS) is 10.8. The third-order valence-electron chi connectivity index (χ3n) is 3.30. The SMILES string of the molecule is COc1ccccc1C(=O)NCC(=O)NN=C(C)c1ccccc1. The van der Waals surface area contributed by atoms with E-state index in [0.29, 0.717) is 17.0 Å². The number of rotatable bonds is 6. The Morgan fingerprint density at radius 3 is 2.42 bits per heavy atom. The minimum Gasteiger partial charge on any atom is -0.496 e. The van der Waals surface area contributed by atoms with Crippen molar-refractivity contribution in [1.29, 1.82) is 0 Å². The Morgan fingerprint density at radius 1 is 1.04 bits per heavy atom. The van der Waals surface area contributed by atoms with Gasteiger partial charge in [-0.1, -0.05) is 42.5 Å². The fraction of sp³-hybridized carbons (Fsp3) is 0.167. The summed E-state index contributed by atoms with van der Waals surface area (Å²) in [5, 5.41) is 6.56. The summed E-state index contributed by atoms with van der Waals surface area (Å²) in [5.41, 5.74) is 4.38. The molecule has 0 unspecified atom stereocenters. The van der Waals surface area contributed by atoms with E-state index >= 15 is 0 Å². The molecule has 2 aromatic rings. The molecule has 0 bridgehead atoms. The molecule has 0 heterocycles. The molecule has 0 aliphatic heterocycles. The van der Waals surface area contributed by atoms with Gasteiger partial charge in [-0.25, -0.2) is 5.43 Å². The van der Waals surface area contributed by atoms with Gasteiger partial charge in [-0.3, -0.25) is 9.59 Å². The van der Waals surface area contributed by atoms with E-state index in [-0.39, 0.29) is 12.5 Å². The Balaban J connectivity index is 1.88. The maximum atomic E-state index is 12.1. The number of ether oxygens (including phenoxy) is 1. The highest BCUT2D eigenvalue weighted by molar-refractivity contribution is 6.00. The standard InChI is InChI=1S/C18H19N3O3/c1-13(14-8-4-3-5-9-14)20-21-17(22)12-19-18(23)15-10-6-7-11-16(15)24-2/h3-11H,12H2,1-2H3,(H,19,23)(H,21,22). The van der Waals surface area contributed by atoms with E-state index in [0.717, 1.165) is 5.56 Å². The first-order valence-corrected chi connectivity index (χ1v) is 7.41. The lowest BCUT2D eigenvalue weighted by Gasteiger charge is -2.08. The lowest BCUT2D eigenvalue weighted by Crippen LogP contribution is -2.35. The first-order chi connectivity index (χ1) is 11.6. The Morgan fingerprint density at radius 2 is 1.71 bits per heavy atom. The summed E-state index contributed by atoms with van der Waals surface area (Å²) in [5.74, 6) is -0.340. The molecule has 0 spiro atoms. The Labute approximate surface area is 140 Å². The zero-order chi connectivity index (χ0) is 17.4. The number of benzene rings is 2. The van der Waals surface area contributed by atoms with Crippen LogP contribution < -0.4 is 15.5 Å². The summed E-state index contributed by atoms with van der Waals surface area (Å²) >= 11 is 0. The van der Waals surface area contributed by atoms with Crippen LogP contribution in [0, 0.1) is 0 Å². The van der Waals surface area contributed by atoms with Crippen molar-refractivity contribution in [2.24, 2.45) is 5.10 Å². The maximum absolute atomic E-state index is 12.1. The number of para-hydroxylation sites is 1. The minimum absolute atomic E-state index is 0.178. The molecule has 0 fully saturated rings. The van der Waals surface area contributed by atoms with Crippen molar-refractivity contribution in [3.05, 3.63) is 65.7 Å². The van der Waals surface area contributed by atoms with E-state index in [9.17, 15) is 9.59 Å². The fourth-order valence-corrected chi connectivity index (χ4v) is 2.02. The second-order valence-corrected chi connectivity index (χ2v) is 4.98. The van der Waals surface area contributed by atoms with E-state index in [1.54, 1.807) is 31.2 Å². The average molecular weight is 325 g/mol. The highest BCUT2D eigenvalue weighted by atomic mass is 16.5. The molecule has 2 N–H and O–H groups in total. The summed E-state index contributed by atoms with van der Waals surface area (Å²) in [6.07, 6.45) is 0. The number of carbonyl (C=O) groups excluding carboxylic acids is 2. The van der Waals surface area contributed by atoms with E-state index in [2.05, 4.69) is 15.8 Å². The van der Waals surface area contributed by atoms with Crippen molar-refractivity contribution in [2.75, 3.05) is 13.7 Å².